The number of carboxylic acids is 1. The van der Waals surface area contributed by atoms with Gasteiger partial charge in [0.15, 0.2) is 0 Å². The zero-order valence-electron chi connectivity index (χ0n) is 7.18. The molecule has 0 fully saturated rings. The number of carbonyl (C=O) groups excluding carboxylic acids is 1. The van der Waals surface area contributed by atoms with Crippen LogP contribution in [0.1, 0.15) is 26.7 Å². The summed E-state index contributed by atoms with van der Waals surface area (Å²) in [4.78, 5) is 13.4. The van der Waals surface area contributed by atoms with Crippen molar-refractivity contribution in [1.29, 1.82) is 0 Å². The van der Waals surface area contributed by atoms with Gasteiger partial charge in [-0.05, 0) is 0 Å². The molecule has 3 nitrogen and oxygen atoms in total. The summed E-state index contributed by atoms with van der Waals surface area (Å²) in [6, 6.07) is 0. The summed E-state index contributed by atoms with van der Waals surface area (Å²) in [5.74, 6) is -1.26. The molecule has 0 aromatic carbocycles. The van der Waals surface area contributed by atoms with Crippen molar-refractivity contribution in [2.45, 2.75) is 32.2 Å². The van der Waals surface area contributed by atoms with Gasteiger partial charge in [-0.1, -0.05) is 13.8 Å². The first-order valence-corrected chi connectivity index (χ1v) is 3.23. The molecule has 11 heavy (non-hydrogen) atoms. The predicted octanol–water partition coefficient (Wildman–Crippen LogP) is -2.78. The molecule has 0 heterocycles. The van der Waals surface area contributed by atoms with Crippen molar-refractivity contribution in [2.75, 3.05) is 0 Å². The SMILES string of the molecule is [C-]#[N+]C(CC)(CC)C(=O)[O-].[Na+]. The van der Waals surface area contributed by atoms with E-state index in [2.05, 4.69) is 4.85 Å². The van der Waals surface area contributed by atoms with E-state index in [1.165, 1.54) is 0 Å². The number of aliphatic carboxylic acids is 1. The first kappa shape index (κ1) is 13.5. The molecule has 0 N–H and O–H groups in total. The summed E-state index contributed by atoms with van der Waals surface area (Å²) in [5, 5.41) is 10.4. The van der Waals surface area contributed by atoms with Crippen molar-refractivity contribution in [3.05, 3.63) is 11.4 Å². The molecular weight excluding hydrogens is 153 g/mol. The first-order valence-electron chi connectivity index (χ1n) is 3.23. The molecule has 0 saturated carbocycles. The maximum Gasteiger partial charge on any atom is 1.00 e. The molecule has 0 rings (SSSR count). The molecular formula is C7H10NNaO2. The van der Waals surface area contributed by atoms with Crippen LogP contribution in [-0.4, -0.2) is 11.5 Å². The van der Waals surface area contributed by atoms with E-state index >= 15 is 0 Å². The van der Waals surface area contributed by atoms with Gasteiger partial charge in [-0.15, -0.1) is 0 Å². The fourth-order valence-electron chi connectivity index (χ4n) is 0.742. The molecule has 0 bridgehead atoms. The Bertz CT molecular complexity index is 170. The van der Waals surface area contributed by atoms with E-state index in [1.807, 2.05) is 0 Å². The Labute approximate surface area is 88.9 Å². The predicted molar refractivity (Wildman–Crippen MR) is 34.9 cm³/mol. The molecule has 4 heteroatoms. The van der Waals surface area contributed by atoms with Crippen molar-refractivity contribution >= 4 is 5.97 Å². The topological polar surface area (TPSA) is 44.5 Å². The Balaban J connectivity index is 0. The standard InChI is InChI=1S/C7H11NO2.Na/c1-4-7(5-2,8-3)6(9)10;/h4-5H2,1-2H3,(H,9,10);/q;+1/p-1. The summed E-state index contributed by atoms with van der Waals surface area (Å²) in [5.41, 5.74) is -1.28. The van der Waals surface area contributed by atoms with E-state index in [0.29, 0.717) is 12.8 Å². The van der Waals surface area contributed by atoms with Gasteiger partial charge in [0.05, 0.1) is 0 Å². The average molecular weight is 163 g/mol. The Morgan fingerprint density at radius 2 is 1.91 bits per heavy atom. The largest absolute Gasteiger partial charge is 1.00 e. The normalized spacial score (nSPS) is 9.55. The van der Waals surface area contributed by atoms with Crippen LogP contribution in [0.3, 0.4) is 0 Å². The maximum absolute atomic E-state index is 10.4. The molecule has 0 aliphatic carbocycles. The van der Waals surface area contributed by atoms with Gasteiger partial charge < -0.3 is 14.7 Å². The van der Waals surface area contributed by atoms with Crippen LogP contribution < -0.4 is 34.7 Å². The molecule has 0 radical (unpaired) electrons. The molecule has 0 saturated heterocycles. The van der Waals surface area contributed by atoms with Crippen LogP contribution in [0.5, 0.6) is 0 Å². The fraction of sp³-hybridized carbons (Fsp3) is 0.714. The van der Waals surface area contributed by atoms with Crippen LogP contribution in [0, 0.1) is 6.57 Å². The number of nitrogens with zero attached hydrogens (tertiary/aromatic N) is 1. The molecule has 0 aromatic rings. The second-order valence-corrected chi connectivity index (χ2v) is 2.14. The van der Waals surface area contributed by atoms with E-state index in [9.17, 15) is 9.90 Å². The van der Waals surface area contributed by atoms with Crippen molar-refractivity contribution in [3.63, 3.8) is 0 Å². The van der Waals surface area contributed by atoms with Crippen molar-refractivity contribution in [2.24, 2.45) is 0 Å². The molecule has 0 spiro atoms. The Hall–Kier alpha value is -0.0400. The summed E-state index contributed by atoms with van der Waals surface area (Å²) in [7, 11) is 0. The van der Waals surface area contributed by atoms with E-state index in [1.54, 1.807) is 13.8 Å². The Morgan fingerprint density at radius 3 is 1.91 bits per heavy atom. The molecule has 0 aliphatic heterocycles. The van der Waals surface area contributed by atoms with Gasteiger partial charge in [-0.25, -0.2) is 6.57 Å². The van der Waals surface area contributed by atoms with Gasteiger partial charge in [0.25, 0.3) is 5.54 Å². The van der Waals surface area contributed by atoms with Crippen LogP contribution in [0.15, 0.2) is 0 Å². The number of hydrogen-bond acceptors (Lipinski definition) is 2. The van der Waals surface area contributed by atoms with Gasteiger partial charge in [0.1, 0.15) is 5.97 Å². The van der Waals surface area contributed by atoms with Crippen LogP contribution in [0.25, 0.3) is 4.85 Å². The van der Waals surface area contributed by atoms with Crippen molar-refractivity contribution in [1.82, 2.24) is 0 Å². The Kier molecular flexibility index (Phi) is 6.88. The third-order valence-electron chi connectivity index (χ3n) is 1.76. The second kappa shape index (κ2) is 5.59. The smallest absolute Gasteiger partial charge is 0.542 e. The minimum absolute atomic E-state index is 0. The van der Waals surface area contributed by atoms with Gasteiger partial charge in [0.2, 0.25) is 0 Å². The molecule has 0 amide bonds. The summed E-state index contributed by atoms with van der Waals surface area (Å²) < 4.78 is 0. The van der Waals surface area contributed by atoms with Crippen molar-refractivity contribution in [3.8, 4) is 0 Å². The zero-order valence-corrected chi connectivity index (χ0v) is 9.18. The molecule has 56 valence electrons. The van der Waals surface area contributed by atoms with Gasteiger partial charge in [0, 0.05) is 12.8 Å². The molecule has 0 aromatic heterocycles. The van der Waals surface area contributed by atoms with Crippen LogP contribution in [0.4, 0.5) is 0 Å². The third kappa shape index (κ3) is 2.82. The zero-order chi connectivity index (χ0) is 8.20. The third-order valence-corrected chi connectivity index (χ3v) is 1.76. The van der Waals surface area contributed by atoms with Gasteiger partial charge in [-0.3, -0.25) is 0 Å². The number of carbonyl (C=O) groups is 1. The van der Waals surface area contributed by atoms with E-state index in [-0.39, 0.29) is 29.6 Å². The van der Waals surface area contributed by atoms with E-state index in [4.69, 9.17) is 6.57 Å². The molecule has 0 aliphatic rings. The minimum Gasteiger partial charge on any atom is -0.542 e. The maximum atomic E-state index is 10.4. The number of carboxylic acid groups (broad SMARTS) is 1. The van der Waals surface area contributed by atoms with Crippen LogP contribution in [-0.2, 0) is 4.79 Å². The molecule has 0 unspecified atom stereocenters. The van der Waals surface area contributed by atoms with Gasteiger partial charge in [-0.2, -0.15) is 0 Å². The summed E-state index contributed by atoms with van der Waals surface area (Å²) in [6.45, 7) is 10.00. The second-order valence-electron chi connectivity index (χ2n) is 2.14. The van der Waals surface area contributed by atoms with E-state index < -0.39 is 11.5 Å². The quantitative estimate of drug-likeness (QED) is 0.333. The van der Waals surface area contributed by atoms with Crippen molar-refractivity contribution < 1.29 is 39.5 Å². The number of rotatable bonds is 3. The first-order chi connectivity index (χ1) is 4.63. The number of hydrogen-bond donors (Lipinski definition) is 0. The average Bonchev–Trinajstić information content (AvgIpc) is 1.92. The minimum atomic E-state index is -1.28. The van der Waals surface area contributed by atoms with E-state index in [0.717, 1.165) is 0 Å². The monoisotopic (exact) mass is 163 g/mol. The van der Waals surface area contributed by atoms with Crippen LogP contribution >= 0.6 is 0 Å². The van der Waals surface area contributed by atoms with Crippen LogP contribution in [0.2, 0.25) is 0 Å². The Morgan fingerprint density at radius 1 is 1.55 bits per heavy atom. The fourth-order valence-corrected chi connectivity index (χ4v) is 0.742. The summed E-state index contributed by atoms with van der Waals surface area (Å²) in [6.07, 6.45) is 0.630. The van der Waals surface area contributed by atoms with Gasteiger partial charge >= 0.3 is 29.6 Å². The molecule has 0 atom stereocenters. The summed E-state index contributed by atoms with van der Waals surface area (Å²) >= 11 is 0.